The highest BCUT2D eigenvalue weighted by molar-refractivity contribution is 14.1. The van der Waals surface area contributed by atoms with Crippen molar-refractivity contribution in [1.29, 1.82) is 0 Å². The molecule has 0 amide bonds. The first kappa shape index (κ1) is 21.2. The fourth-order valence-corrected chi connectivity index (χ4v) is 4.15. The first-order valence-electron chi connectivity index (χ1n) is 9.67. The van der Waals surface area contributed by atoms with Crippen LogP contribution in [0, 0.1) is 10.5 Å². The second-order valence-electron chi connectivity index (χ2n) is 7.45. The molecule has 5 heteroatoms. The Morgan fingerprint density at radius 2 is 1.13 bits per heavy atom. The van der Waals surface area contributed by atoms with Crippen LogP contribution in [0.1, 0.15) is 22.3 Å². The smallest absolute Gasteiger partial charge is 0.186 e. The average molecular weight is 526 g/mol. The predicted octanol–water partition coefficient (Wildman–Crippen LogP) is 6.64. The maximum absolute atomic E-state index is 17.0. The minimum Gasteiger partial charge on any atom is -0.508 e. The maximum Gasteiger partial charge on any atom is 0.186 e. The molecule has 1 atom stereocenters. The van der Waals surface area contributed by atoms with Gasteiger partial charge in [-0.25, -0.2) is 4.39 Å². The molecule has 0 heterocycles. The van der Waals surface area contributed by atoms with E-state index in [1.54, 1.807) is 67.6 Å². The number of benzene rings is 4. The van der Waals surface area contributed by atoms with Crippen LogP contribution in [0.2, 0.25) is 0 Å². The number of hydrogen-bond donors (Lipinski definition) is 3. The summed E-state index contributed by atoms with van der Waals surface area (Å²) in [6, 6.07) is 23.4. The molecule has 0 aromatic heterocycles. The van der Waals surface area contributed by atoms with Gasteiger partial charge in [-0.2, -0.15) is 0 Å². The highest BCUT2D eigenvalue weighted by atomic mass is 127. The van der Waals surface area contributed by atoms with Crippen molar-refractivity contribution >= 4 is 22.6 Å². The lowest BCUT2D eigenvalue weighted by Gasteiger charge is -2.28. The monoisotopic (exact) mass is 526 g/mol. The Balaban J connectivity index is 1.86. The SMILES string of the molecule is Cc1cc(C(F)(c2ccc(-c3ccc(O)cc3)cc2)c2ccc(O)c(I)c2)ccc1O. The van der Waals surface area contributed by atoms with Crippen LogP contribution in [0.25, 0.3) is 11.1 Å². The number of hydrogen-bond acceptors (Lipinski definition) is 3. The van der Waals surface area contributed by atoms with Crippen LogP contribution in [0.5, 0.6) is 17.2 Å². The van der Waals surface area contributed by atoms with Crippen molar-refractivity contribution in [1.82, 2.24) is 0 Å². The molecular weight excluding hydrogens is 506 g/mol. The Hall–Kier alpha value is -3.06. The van der Waals surface area contributed by atoms with Crippen molar-refractivity contribution in [2.45, 2.75) is 12.6 Å². The summed E-state index contributed by atoms with van der Waals surface area (Å²) in [5.74, 6) is 0.387. The quantitative estimate of drug-likeness (QED) is 0.206. The third-order valence-electron chi connectivity index (χ3n) is 5.42. The second-order valence-corrected chi connectivity index (χ2v) is 8.61. The van der Waals surface area contributed by atoms with Crippen molar-refractivity contribution < 1.29 is 19.7 Å². The molecule has 0 saturated heterocycles. The van der Waals surface area contributed by atoms with E-state index in [0.717, 1.165) is 11.1 Å². The van der Waals surface area contributed by atoms with Gasteiger partial charge in [-0.3, -0.25) is 0 Å². The molecule has 0 radical (unpaired) electrons. The van der Waals surface area contributed by atoms with Crippen molar-refractivity contribution in [3.63, 3.8) is 0 Å². The summed E-state index contributed by atoms with van der Waals surface area (Å²) in [5, 5.41) is 29.4. The average Bonchev–Trinajstić information content (AvgIpc) is 2.77. The van der Waals surface area contributed by atoms with Crippen LogP contribution < -0.4 is 0 Å². The minimum absolute atomic E-state index is 0.0938. The van der Waals surface area contributed by atoms with E-state index in [0.29, 0.717) is 25.8 Å². The van der Waals surface area contributed by atoms with Gasteiger partial charge in [-0.05, 0) is 99.3 Å². The van der Waals surface area contributed by atoms with E-state index >= 15 is 4.39 Å². The number of alkyl halides is 1. The molecule has 0 saturated carbocycles. The summed E-state index contributed by atoms with van der Waals surface area (Å²) < 4.78 is 17.5. The van der Waals surface area contributed by atoms with Crippen LogP contribution in [0.15, 0.2) is 84.9 Å². The third-order valence-corrected chi connectivity index (χ3v) is 6.29. The fraction of sp³-hybridized carbons (Fsp3) is 0.0769. The molecule has 0 aliphatic heterocycles. The van der Waals surface area contributed by atoms with Crippen molar-refractivity contribution in [3.8, 4) is 28.4 Å². The van der Waals surface area contributed by atoms with Gasteiger partial charge in [0, 0.05) is 0 Å². The van der Waals surface area contributed by atoms with E-state index in [2.05, 4.69) is 0 Å². The summed E-state index contributed by atoms with van der Waals surface area (Å²) >= 11 is 1.98. The predicted molar refractivity (Wildman–Crippen MR) is 128 cm³/mol. The van der Waals surface area contributed by atoms with Gasteiger partial charge >= 0.3 is 0 Å². The number of phenols is 3. The maximum atomic E-state index is 17.0. The molecule has 3 N–H and O–H groups in total. The van der Waals surface area contributed by atoms with Crippen LogP contribution >= 0.6 is 22.6 Å². The second kappa shape index (κ2) is 8.23. The summed E-state index contributed by atoms with van der Waals surface area (Å²) in [6.07, 6.45) is 0. The summed E-state index contributed by atoms with van der Waals surface area (Å²) in [4.78, 5) is 0. The Morgan fingerprint density at radius 1 is 0.645 bits per heavy atom. The van der Waals surface area contributed by atoms with Crippen LogP contribution in [0.4, 0.5) is 4.39 Å². The van der Waals surface area contributed by atoms with E-state index in [4.69, 9.17) is 0 Å². The van der Waals surface area contributed by atoms with Crippen molar-refractivity contribution in [2.75, 3.05) is 0 Å². The zero-order valence-electron chi connectivity index (χ0n) is 16.7. The zero-order valence-corrected chi connectivity index (χ0v) is 18.8. The summed E-state index contributed by atoms with van der Waals surface area (Å²) in [5.41, 5.74) is 1.61. The van der Waals surface area contributed by atoms with Gasteiger partial charge in [0.25, 0.3) is 0 Å². The van der Waals surface area contributed by atoms with Crippen LogP contribution in [-0.4, -0.2) is 15.3 Å². The van der Waals surface area contributed by atoms with E-state index in [-0.39, 0.29) is 17.2 Å². The van der Waals surface area contributed by atoms with Gasteiger partial charge in [0.2, 0.25) is 0 Å². The lowest BCUT2D eigenvalue weighted by Crippen LogP contribution is -2.24. The van der Waals surface area contributed by atoms with Crippen molar-refractivity contribution in [2.24, 2.45) is 0 Å². The normalized spacial score (nSPS) is 13.0. The van der Waals surface area contributed by atoms with Gasteiger partial charge in [0.15, 0.2) is 5.67 Å². The highest BCUT2D eigenvalue weighted by Crippen LogP contribution is 2.43. The molecule has 0 aliphatic rings. The Bertz CT molecular complexity index is 1180. The zero-order chi connectivity index (χ0) is 22.2. The molecule has 156 valence electrons. The summed E-state index contributed by atoms with van der Waals surface area (Å²) in [6.45, 7) is 1.73. The highest BCUT2D eigenvalue weighted by Gasteiger charge is 2.37. The van der Waals surface area contributed by atoms with Crippen LogP contribution in [0.3, 0.4) is 0 Å². The molecule has 4 aromatic rings. The van der Waals surface area contributed by atoms with Crippen LogP contribution in [-0.2, 0) is 5.67 Å². The van der Waals surface area contributed by atoms with E-state index in [9.17, 15) is 15.3 Å². The molecule has 0 bridgehead atoms. The van der Waals surface area contributed by atoms with Gasteiger partial charge in [0.05, 0.1) is 3.57 Å². The molecule has 0 fully saturated rings. The van der Waals surface area contributed by atoms with E-state index in [1.165, 1.54) is 12.1 Å². The topological polar surface area (TPSA) is 60.7 Å². The molecule has 31 heavy (non-hydrogen) atoms. The first-order valence-corrected chi connectivity index (χ1v) is 10.7. The molecule has 0 aliphatic carbocycles. The molecule has 0 spiro atoms. The van der Waals surface area contributed by atoms with Crippen molar-refractivity contribution in [3.05, 3.63) is 111 Å². The summed E-state index contributed by atoms with van der Waals surface area (Å²) in [7, 11) is 0. The first-order chi connectivity index (χ1) is 14.8. The molecule has 4 rings (SSSR count). The third kappa shape index (κ3) is 3.97. The number of halogens is 2. The molecular formula is C26H20FIO3. The number of aromatic hydroxyl groups is 3. The lowest BCUT2D eigenvalue weighted by molar-refractivity contribution is 0.280. The van der Waals surface area contributed by atoms with Gasteiger partial charge in [0.1, 0.15) is 17.2 Å². The van der Waals surface area contributed by atoms with Gasteiger partial charge < -0.3 is 15.3 Å². The van der Waals surface area contributed by atoms with Gasteiger partial charge in [-0.1, -0.05) is 48.5 Å². The fourth-order valence-electron chi connectivity index (χ4n) is 3.64. The lowest BCUT2D eigenvalue weighted by atomic mass is 9.81. The Labute approximate surface area is 193 Å². The minimum atomic E-state index is -1.99. The van der Waals surface area contributed by atoms with E-state index < -0.39 is 5.67 Å². The Kier molecular flexibility index (Phi) is 5.62. The number of phenolic OH excluding ortho intramolecular Hbond substituents is 3. The largest absolute Gasteiger partial charge is 0.508 e. The number of rotatable bonds is 4. The van der Waals surface area contributed by atoms with Gasteiger partial charge in [-0.15, -0.1) is 0 Å². The Morgan fingerprint density at radius 3 is 1.68 bits per heavy atom. The molecule has 4 aromatic carbocycles. The molecule has 3 nitrogen and oxygen atoms in total. The molecule has 1 unspecified atom stereocenters. The van der Waals surface area contributed by atoms with E-state index in [1.807, 2.05) is 34.7 Å². The number of aryl methyl sites for hydroxylation is 1. The standard InChI is InChI=1S/C26H20FIO3/c1-16-14-20(8-12-24(16)30)26(27,21-9-13-25(31)23(28)15-21)19-6-2-17(3-7-19)18-4-10-22(29)11-5-18/h2-15,29-31H,1H3.